The van der Waals surface area contributed by atoms with Crippen LogP contribution in [0.1, 0.15) is 38.5 Å². The van der Waals surface area contributed by atoms with Gasteiger partial charge in [-0.15, -0.1) is 0 Å². The van der Waals surface area contributed by atoms with Crippen LogP contribution in [0.3, 0.4) is 0 Å². The average Bonchev–Trinajstić information content (AvgIpc) is 2.76. The van der Waals surface area contributed by atoms with Crippen LogP contribution >= 0.6 is 0 Å². The summed E-state index contributed by atoms with van der Waals surface area (Å²) < 4.78 is 48.7. The Hall–Kier alpha value is -2.12. The summed E-state index contributed by atoms with van der Waals surface area (Å²) in [6, 6.07) is 13.4. The number of benzene rings is 2. The van der Waals surface area contributed by atoms with Gasteiger partial charge in [-0.3, -0.25) is 0 Å². The van der Waals surface area contributed by atoms with Gasteiger partial charge in [-0.25, -0.2) is 12.8 Å². The standard InChI is InChI=1S/C24H30FNO4S/c1-31(27,28)24-12-10-22(11-13-24)29-20-6-8-21(9-7-20)30-23-14-16-26(17-15-23)19-4-2-18(25)3-5-19/h2-5,10-13,20-21,23H,6-9,14-17H2,1H3. The van der Waals surface area contributed by atoms with Gasteiger partial charge in [-0.1, -0.05) is 0 Å². The molecule has 0 unspecified atom stereocenters. The molecule has 2 aromatic carbocycles. The summed E-state index contributed by atoms with van der Waals surface area (Å²) in [6.45, 7) is 1.86. The van der Waals surface area contributed by atoms with Crippen LogP contribution in [0.15, 0.2) is 53.4 Å². The molecular formula is C24H30FNO4S. The van der Waals surface area contributed by atoms with Crippen LogP contribution in [0.4, 0.5) is 10.1 Å². The van der Waals surface area contributed by atoms with Crippen LogP contribution in [0.5, 0.6) is 5.75 Å². The molecule has 1 saturated heterocycles. The lowest BCUT2D eigenvalue weighted by atomic mass is 9.94. The van der Waals surface area contributed by atoms with Crippen molar-refractivity contribution in [2.24, 2.45) is 0 Å². The summed E-state index contributed by atoms with van der Waals surface area (Å²) in [5, 5.41) is 0. The third-order valence-corrected chi connectivity index (χ3v) is 7.32. The van der Waals surface area contributed by atoms with Gasteiger partial charge in [-0.2, -0.15) is 0 Å². The first-order valence-corrected chi connectivity index (χ1v) is 12.9. The summed E-state index contributed by atoms with van der Waals surface area (Å²) in [5.41, 5.74) is 1.07. The van der Waals surface area contributed by atoms with E-state index in [1.165, 1.54) is 18.4 Å². The molecule has 1 saturated carbocycles. The van der Waals surface area contributed by atoms with Gasteiger partial charge in [0.25, 0.3) is 0 Å². The highest BCUT2D eigenvalue weighted by Crippen LogP contribution is 2.29. The number of sulfone groups is 1. The summed E-state index contributed by atoms with van der Waals surface area (Å²) in [5.74, 6) is 0.511. The van der Waals surface area contributed by atoms with Crippen LogP contribution in [-0.2, 0) is 14.6 Å². The zero-order valence-electron chi connectivity index (χ0n) is 17.9. The minimum atomic E-state index is -3.19. The summed E-state index contributed by atoms with van der Waals surface area (Å²) in [4.78, 5) is 2.60. The van der Waals surface area contributed by atoms with Gasteiger partial charge < -0.3 is 14.4 Å². The molecule has 0 radical (unpaired) electrons. The minimum absolute atomic E-state index is 0.143. The monoisotopic (exact) mass is 447 g/mol. The van der Waals surface area contributed by atoms with E-state index in [-0.39, 0.29) is 24.1 Å². The lowest BCUT2D eigenvalue weighted by Gasteiger charge is -2.37. The molecule has 2 fully saturated rings. The van der Waals surface area contributed by atoms with Crippen LogP contribution in [0.25, 0.3) is 0 Å². The van der Waals surface area contributed by atoms with Gasteiger partial charge in [0.05, 0.1) is 23.2 Å². The molecule has 0 amide bonds. The maximum absolute atomic E-state index is 13.1. The molecule has 1 aliphatic heterocycles. The molecule has 7 heteroatoms. The largest absolute Gasteiger partial charge is 0.490 e. The van der Waals surface area contributed by atoms with E-state index in [1.807, 2.05) is 12.1 Å². The molecule has 0 atom stereocenters. The quantitative estimate of drug-likeness (QED) is 0.648. The SMILES string of the molecule is CS(=O)(=O)c1ccc(OC2CCC(OC3CCN(c4ccc(F)cc4)CC3)CC2)cc1. The third kappa shape index (κ3) is 5.98. The van der Waals surface area contributed by atoms with Gasteiger partial charge in [0.1, 0.15) is 11.6 Å². The minimum Gasteiger partial charge on any atom is -0.490 e. The molecule has 0 spiro atoms. The van der Waals surface area contributed by atoms with E-state index in [2.05, 4.69) is 4.90 Å². The van der Waals surface area contributed by atoms with Crippen molar-refractivity contribution in [3.63, 3.8) is 0 Å². The predicted octanol–water partition coefficient (Wildman–Crippen LogP) is 4.60. The fourth-order valence-electron chi connectivity index (χ4n) is 4.42. The molecule has 0 N–H and O–H groups in total. The third-order valence-electron chi connectivity index (χ3n) is 6.19. The second kappa shape index (κ2) is 9.57. The summed E-state index contributed by atoms with van der Waals surface area (Å²) in [6.07, 6.45) is 7.70. The van der Waals surface area contributed by atoms with Crippen molar-refractivity contribution >= 4 is 15.5 Å². The molecule has 31 heavy (non-hydrogen) atoms. The lowest BCUT2D eigenvalue weighted by molar-refractivity contribution is -0.0527. The zero-order valence-corrected chi connectivity index (χ0v) is 18.7. The highest BCUT2D eigenvalue weighted by Gasteiger charge is 2.27. The van der Waals surface area contributed by atoms with Gasteiger partial charge in [0.15, 0.2) is 9.84 Å². The number of rotatable bonds is 6. The van der Waals surface area contributed by atoms with E-state index in [0.717, 1.165) is 57.3 Å². The molecule has 2 aromatic rings. The Morgan fingerprint density at radius 1 is 0.806 bits per heavy atom. The highest BCUT2D eigenvalue weighted by atomic mass is 32.2. The second-order valence-corrected chi connectivity index (χ2v) is 10.6. The van der Waals surface area contributed by atoms with Crippen molar-refractivity contribution in [2.45, 2.75) is 61.7 Å². The van der Waals surface area contributed by atoms with E-state index < -0.39 is 9.84 Å². The number of piperidine rings is 1. The number of halogens is 1. The smallest absolute Gasteiger partial charge is 0.175 e. The number of hydrogen-bond acceptors (Lipinski definition) is 5. The molecule has 1 aliphatic carbocycles. The molecule has 1 heterocycles. The first kappa shape index (κ1) is 22.1. The van der Waals surface area contributed by atoms with Gasteiger partial charge >= 0.3 is 0 Å². The van der Waals surface area contributed by atoms with E-state index in [4.69, 9.17) is 9.47 Å². The first-order valence-electron chi connectivity index (χ1n) is 11.0. The van der Waals surface area contributed by atoms with Crippen LogP contribution < -0.4 is 9.64 Å². The normalized spacial score (nSPS) is 23.0. The average molecular weight is 448 g/mol. The predicted molar refractivity (Wildman–Crippen MR) is 119 cm³/mol. The number of anilines is 1. The van der Waals surface area contributed by atoms with E-state index >= 15 is 0 Å². The Morgan fingerprint density at radius 2 is 1.35 bits per heavy atom. The van der Waals surface area contributed by atoms with Crippen molar-refractivity contribution in [1.29, 1.82) is 0 Å². The molecule has 5 nitrogen and oxygen atoms in total. The Kier molecular flexibility index (Phi) is 6.82. The second-order valence-electron chi connectivity index (χ2n) is 8.56. The van der Waals surface area contributed by atoms with Crippen molar-refractivity contribution in [2.75, 3.05) is 24.2 Å². The molecule has 168 valence electrons. The van der Waals surface area contributed by atoms with Gasteiger partial charge in [0, 0.05) is 25.0 Å². The van der Waals surface area contributed by atoms with Crippen LogP contribution in [0, 0.1) is 5.82 Å². The van der Waals surface area contributed by atoms with E-state index in [9.17, 15) is 12.8 Å². The molecule has 0 aromatic heterocycles. The summed E-state index contributed by atoms with van der Waals surface area (Å²) >= 11 is 0. The number of hydrogen-bond donors (Lipinski definition) is 0. The van der Waals surface area contributed by atoms with Crippen LogP contribution in [0.2, 0.25) is 0 Å². The molecule has 4 rings (SSSR count). The maximum atomic E-state index is 13.1. The van der Waals surface area contributed by atoms with Gasteiger partial charge in [-0.05, 0) is 87.1 Å². The van der Waals surface area contributed by atoms with Gasteiger partial charge in [0.2, 0.25) is 0 Å². The first-order chi connectivity index (χ1) is 14.9. The fourth-order valence-corrected chi connectivity index (χ4v) is 5.05. The molecular weight excluding hydrogens is 417 g/mol. The maximum Gasteiger partial charge on any atom is 0.175 e. The summed E-state index contributed by atoms with van der Waals surface area (Å²) in [7, 11) is -3.19. The van der Waals surface area contributed by atoms with E-state index in [1.54, 1.807) is 24.3 Å². The van der Waals surface area contributed by atoms with Crippen molar-refractivity contribution in [1.82, 2.24) is 0 Å². The topological polar surface area (TPSA) is 55.8 Å². The van der Waals surface area contributed by atoms with Crippen molar-refractivity contribution in [3.8, 4) is 5.75 Å². The zero-order chi connectivity index (χ0) is 21.8. The van der Waals surface area contributed by atoms with E-state index in [0.29, 0.717) is 10.6 Å². The lowest BCUT2D eigenvalue weighted by Crippen LogP contribution is -2.39. The van der Waals surface area contributed by atoms with Crippen molar-refractivity contribution < 1.29 is 22.3 Å². The Bertz CT molecular complexity index is 946. The Labute approximate surface area is 184 Å². The Morgan fingerprint density at radius 3 is 1.94 bits per heavy atom. The fraction of sp³-hybridized carbons (Fsp3) is 0.500. The van der Waals surface area contributed by atoms with Crippen LogP contribution in [-0.4, -0.2) is 46.1 Å². The Balaban J connectivity index is 1.19. The molecule has 2 aliphatic rings. The highest BCUT2D eigenvalue weighted by molar-refractivity contribution is 7.90. The number of nitrogens with zero attached hydrogens (tertiary/aromatic N) is 1. The number of ether oxygens (including phenoxy) is 2. The molecule has 0 bridgehead atoms. The van der Waals surface area contributed by atoms with Crippen molar-refractivity contribution in [3.05, 3.63) is 54.3 Å².